The van der Waals surface area contributed by atoms with Crippen molar-refractivity contribution in [3.05, 3.63) is 29.8 Å². The van der Waals surface area contributed by atoms with Crippen LogP contribution in [-0.4, -0.2) is 23.9 Å². The zero-order chi connectivity index (χ0) is 10.7. The van der Waals surface area contributed by atoms with Gasteiger partial charge in [0, 0.05) is 13.1 Å². The molecule has 1 saturated heterocycles. The molecule has 15 heavy (non-hydrogen) atoms. The van der Waals surface area contributed by atoms with E-state index in [9.17, 15) is 4.55 Å². The topological polar surface area (TPSA) is 37.2 Å². The maximum atomic E-state index is 11.2. The standard InChI is InChI=1S/C12H16NOS/c1-15(14)12-4-2-10(3-5-12)11-6-8-13-9-7-11/h2-5,11H,6-9H2,1H3. The highest BCUT2D eigenvalue weighted by molar-refractivity contribution is 7.90. The Hall–Kier alpha value is -0.510. The van der Waals surface area contributed by atoms with Crippen LogP contribution in [0.25, 0.3) is 0 Å². The van der Waals surface area contributed by atoms with Crippen LogP contribution in [0.2, 0.25) is 0 Å². The molecule has 0 spiro atoms. The van der Waals surface area contributed by atoms with E-state index >= 15 is 0 Å². The quantitative estimate of drug-likeness (QED) is 0.704. The second kappa shape index (κ2) is 5.01. The molecule has 3 heteroatoms. The van der Waals surface area contributed by atoms with Crippen LogP contribution in [0.5, 0.6) is 0 Å². The van der Waals surface area contributed by atoms with Gasteiger partial charge < -0.3 is 4.55 Å². The smallest absolute Gasteiger partial charge is 0.152 e. The van der Waals surface area contributed by atoms with Crippen LogP contribution in [0.1, 0.15) is 24.3 Å². The summed E-state index contributed by atoms with van der Waals surface area (Å²) in [5, 5.41) is 4.35. The highest BCUT2D eigenvalue weighted by Crippen LogP contribution is 2.26. The zero-order valence-corrected chi connectivity index (χ0v) is 9.80. The lowest BCUT2D eigenvalue weighted by Crippen LogP contribution is -2.20. The SMILES string of the molecule is C[S+]([O-])c1ccc(C2CC[N]CC2)cc1. The van der Waals surface area contributed by atoms with Crippen LogP contribution in [0.3, 0.4) is 0 Å². The van der Waals surface area contributed by atoms with E-state index in [1.807, 2.05) is 12.1 Å². The van der Waals surface area contributed by atoms with Crippen molar-refractivity contribution in [3.8, 4) is 0 Å². The highest BCUT2D eigenvalue weighted by atomic mass is 32.2. The Kier molecular flexibility index (Phi) is 3.67. The molecule has 0 aliphatic carbocycles. The number of hydrogen-bond acceptors (Lipinski definition) is 1. The predicted molar refractivity (Wildman–Crippen MR) is 62.6 cm³/mol. The van der Waals surface area contributed by atoms with E-state index in [0.29, 0.717) is 5.92 Å². The molecular weight excluding hydrogens is 206 g/mol. The van der Waals surface area contributed by atoms with Gasteiger partial charge in [0.25, 0.3) is 0 Å². The van der Waals surface area contributed by atoms with E-state index in [1.165, 1.54) is 5.56 Å². The zero-order valence-electron chi connectivity index (χ0n) is 8.98. The first kappa shape index (κ1) is 11.0. The van der Waals surface area contributed by atoms with Gasteiger partial charge in [0.05, 0.1) is 0 Å². The van der Waals surface area contributed by atoms with Gasteiger partial charge in [-0.1, -0.05) is 12.1 Å². The summed E-state index contributed by atoms with van der Waals surface area (Å²) in [6, 6.07) is 8.20. The average molecular weight is 222 g/mol. The fraction of sp³-hybridized carbons (Fsp3) is 0.500. The van der Waals surface area contributed by atoms with Crippen LogP contribution in [0.4, 0.5) is 0 Å². The van der Waals surface area contributed by atoms with E-state index in [1.54, 1.807) is 6.26 Å². The van der Waals surface area contributed by atoms with Crippen molar-refractivity contribution >= 4 is 11.2 Å². The average Bonchev–Trinajstić information content (AvgIpc) is 2.30. The van der Waals surface area contributed by atoms with Crippen LogP contribution >= 0.6 is 0 Å². The molecule has 81 valence electrons. The van der Waals surface area contributed by atoms with E-state index in [2.05, 4.69) is 17.4 Å². The maximum absolute atomic E-state index is 11.2. The number of piperidine rings is 1. The molecule has 1 aromatic carbocycles. The molecule has 2 nitrogen and oxygen atoms in total. The van der Waals surface area contributed by atoms with Gasteiger partial charge in [-0.15, -0.1) is 0 Å². The molecule has 1 heterocycles. The molecule has 0 N–H and O–H groups in total. The van der Waals surface area contributed by atoms with Crippen LogP contribution in [-0.2, 0) is 11.2 Å². The molecule has 0 saturated carbocycles. The highest BCUT2D eigenvalue weighted by Gasteiger charge is 2.16. The second-order valence-corrected chi connectivity index (χ2v) is 5.35. The van der Waals surface area contributed by atoms with E-state index in [4.69, 9.17) is 0 Å². The van der Waals surface area contributed by atoms with Crippen molar-refractivity contribution in [3.63, 3.8) is 0 Å². The molecule has 0 bridgehead atoms. The lowest BCUT2D eigenvalue weighted by atomic mass is 9.90. The summed E-state index contributed by atoms with van der Waals surface area (Å²) in [5.74, 6) is 0.654. The molecule has 2 rings (SSSR count). The largest absolute Gasteiger partial charge is 0.612 e. The number of rotatable bonds is 2. The third-order valence-corrected chi connectivity index (χ3v) is 3.89. The molecule has 1 aromatic rings. The molecule has 1 fully saturated rings. The lowest BCUT2D eigenvalue weighted by Gasteiger charge is -2.21. The first-order chi connectivity index (χ1) is 7.27. The van der Waals surface area contributed by atoms with Crippen LogP contribution in [0.15, 0.2) is 29.2 Å². The Morgan fingerprint density at radius 3 is 2.33 bits per heavy atom. The van der Waals surface area contributed by atoms with Gasteiger partial charge in [-0.2, -0.15) is 0 Å². The number of benzene rings is 1. The summed E-state index contributed by atoms with van der Waals surface area (Å²) in [7, 11) is 0. The minimum absolute atomic E-state index is 0.654. The molecule has 1 radical (unpaired) electrons. The summed E-state index contributed by atoms with van der Waals surface area (Å²) in [6.07, 6.45) is 4.04. The number of nitrogens with zero attached hydrogens (tertiary/aromatic N) is 1. The maximum Gasteiger partial charge on any atom is 0.152 e. The molecule has 0 aromatic heterocycles. The number of hydrogen-bond donors (Lipinski definition) is 0. The third-order valence-electron chi connectivity index (χ3n) is 2.95. The van der Waals surface area contributed by atoms with Gasteiger partial charge in [-0.3, -0.25) is 0 Å². The van der Waals surface area contributed by atoms with E-state index in [0.717, 1.165) is 30.8 Å². The van der Waals surface area contributed by atoms with Crippen molar-refractivity contribution < 1.29 is 4.55 Å². The fourth-order valence-electron chi connectivity index (χ4n) is 2.02. The van der Waals surface area contributed by atoms with E-state index in [-0.39, 0.29) is 0 Å². The van der Waals surface area contributed by atoms with Gasteiger partial charge in [0.15, 0.2) is 4.90 Å². The minimum Gasteiger partial charge on any atom is -0.612 e. The first-order valence-corrected chi connectivity index (χ1v) is 6.90. The molecule has 1 unspecified atom stereocenters. The Labute approximate surface area is 94.3 Å². The summed E-state index contributed by atoms with van der Waals surface area (Å²) in [5.41, 5.74) is 1.37. The molecular formula is C12H16NOS. The Morgan fingerprint density at radius 2 is 1.80 bits per heavy atom. The van der Waals surface area contributed by atoms with Gasteiger partial charge in [-0.25, -0.2) is 5.32 Å². The Bertz CT molecular complexity index is 304. The first-order valence-electron chi connectivity index (χ1n) is 5.34. The predicted octanol–water partition coefficient (Wildman–Crippen LogP) is 1.91. The van der Waals surface area contributed by atoms with Gasteiger partial charge in [-0.05, 0) is 47.6 Å². The van der Waals surface area contributed by atoms with Crippen molar-refractivity contribution in [2.24, 2.45) is 0 Å². The molecule has 1 aliphatic rings. The molecule has 1 atom stereocenters. The summed E-state index contributed by atoms with van der Waals surface area (Å²) in [4.78, 5) is 0.916. The Balaban J connectivity index is 2.08. The van der Waals surface area contributed by atoms with Crippen LogP contribution < -0.4 is 5.32 Å². The van der Waals surface area contributed by atoms with Gasteiger partial charge in [0.2, 0.25) is 0 Å². The summed E-state index contributed by atoms with van der Waals surface area (Å²) in [6.45, 7) is 1.98. The van der Waals surface area contributed by atoms with Gasteiger partial charge >= 0.3 is 0 Å². The Morgan fingerprint density at radius 1 is 1.20 bits per heavy atom. The lowest BCUT2D eigenvalue weighted by molar-refractivity contribution is 0.453. The molecule has 0 amide bonds. The van der Waals surface area contributed by atoms with Gasteiger partial charge in [0.1, 0.15) is 6.26 Å². The fourth-order valence-corrected chi connectivity index (χ4v) is 2.53. The van der Waals surface area contributed by atoms with Crippen molar-refractivity contribution in [1.82, 2.24) is 5.32 Å². The monoisotopic (exact) mass is 222 g/mol. The van der Waals surface area contributed by atoms with Crippen LogP contribution in [0, 0.1) is 0 Å². The van der Waals surface area contributed by atoms with Crippen molar-refractivity contribution in [2.45, 2.75) is 23.7 Å². The summed E-state index contributed by atoms with van der Waals surface area (Å²) >= 11 is -0.861. The second-order valence-electron chi connectivity index (χ2n) is 3.97. The van der Waals surface area contributed by atoms with Crippen molar-refractivity contribution in [2.75, 3.05) is 19.3 Å². The summed E-state index contributed by atoms with van der Waals surface area (Å²) < 4.78 is 11.2. The van der Waals surface area contributed by atoms with Crippen molar-refractivity contribution in [1.29, 1.82) is 0 Å². The minimum atomic E-state index is -0.861. The molecule has 1 aliphatic heterocycles. The normalized spacial score (nSPS) is 20.1. The van der Waals surface area contributed by atoms with E-state index < -0.39 is 11.2 Å². The third kappa shape index (κ3) is 2.74.